The van der Waals surface area contributed by atoms with Crippen LogP contribution >= 0.6 is 43.5 Å². The molecule has 0 saturated heterocycles. The van der Waals surface area contributed by atoms with Crippen molar-refractivity contribution >= 4 is 61.1 Å². The van der Waals surface area contributed by atoms with Crippen molar-refractivity contribution in [2.45, 2.75) is 12.8 Å². The number of nitrogens with zero attached hydrogens (tertiary/aromatic N) is 1. The van der Waals surface area contributed by atoms with E-state index in [0.717, 1.165) is 17.7 Å². The minimum Gasteiger partial charge on any atom is -0.487 e. The summed E-state index contributed by atoms with van der Waals surface area (Å²) in [6.45, 7) is 0.260. The van der Waals surface area contributed by atoms with Crippen LogP contribution in [0.25, 0.3) is 6.08 Å². The summed E-state index contributed by atoms with van der Waals surface area (Å²) in [7, 11) is 0. The Bertz CT molecular complexity index is 1280. The van der Waals surface area contributed by atoms with Crippen LogP contribution in [-0.4, -0.2) is 5.91 Å². The maximum Gasteiger partial charge on any atom is 0.416 e. The summed E-state index contributed by atoms with van der Waals surface area (Å²) >= 11 is 12.8. The predicted octanol–water partition coefficient (Wildman–Crippen LogP) is 8.01. The van der Waals surface area contributed by atoms with Crippen LogP contribution in [0.5, 0.6) is 5.75 Å². The monoisotopic (exact) mass is 612 g/mol. The van der Waals surface area contributed by atoms with Gasteiger partial charge in [0.05, 0.1) is 14.5 Å². The van der Waals surface area contributed by atoms with Crippen molar-refractivity contribution in [2.75, 3.05) is 5.32 Å². The first-order chi connectivity index (χ1) is 16.1. The maximum atomic E-state index is 12.9. The molecule has 0 aromatic heterocycles. The highest BCUT2D eigenvalue weighted by molar-refractivity contribution is 9.11. The van der Waals surface area contributed by atoms with E-state index in [1.165, 1.54) is 18.2 Å². The molecule has 0 radical (unpaired) electrons. The molecule has 0 atom stereocenters. The molecule has 0 fully saturated rings. The van der Waals surface area contributed by atoms with Gasteiger partial charge >= 0.3 is 6.18 Å². The Morgan fingerprint density at radius 2 is 1.76 bits per heavy atom. The average Bonchev–Trinajstić information content (AvgIpc) is 2.76. The third kappa shape index (κ3) is 6.86. The molecular weight excluding hydrogens is 601 g/mol. The minimum absolute atomic E-state index is 0.0758. The first kappa shape index (κ1) is 25.8. The quantitative estimate of drug-likeness (QED) is 0.226. The van der Waals surface area contributed by atoms with E-state index in [4.69, 9.17) is 16.3 Å². The van der Waals surface area contributed by atoms with Gasteiger partial charge in [-0.25, -0.2) is 0 Å². The van der Waals surface area contributed by atoms with Crippen molar-refractivity contribution in [3.8, 4) is 11.8 Å². The zero-order valence-electron chi connectivity index (χ0n) is 17.1. The van der Waals surface area contributed by atoms with Crippen molar-refractivity contribution < 1.29 is 22.7 Å². The number of amides is 1. The highest BCUT2D eigenvalue weighted by Gasteiger charge is 2.30. The summed E-state index contributed by atoms with van der Waals surface area (Å²) in [5.41, 5.74) is 0.0869. The van der Waals surface area contributed by atoms with Crippen molar-refractivity contribution in [3.05, 3.63) is 96.9 Å². The zero-order valence-corrected chi connectivity index (χ0v) is 21.0. The second-order valence-corrected chi connectivity index (χ2v) is 9.08. The van der Waals surface area contributed by atoms with Crippen LogP contribution in [0.3, 0.4) is 0 Å². The van der Waals surface area contributed by atoms with Crippen LogP contribution in [0.1, 0.15) is 16.7 Å². The molecule has 3 aromatic rings. The molecule has 0 spiro atoms. The Labute approximate surface area is 215 Å². The second-order valence-electron chi connectivity index (χ2n) is 6.93. The lowest BCUT2D eigenvalue weighted by Gasteiger charge is -2.12. The number of nitriles is 1. The maximum absolute atomic E-state index is 12.9. The number of benzene rings is 3. The molecule has 3 aromatic carbocycles. The molecule has 4 nitrogen and oxygen atoms in total. The van der Waals surface area contributed by atoms with Gasteiger partial charge in [0, 0.05) is 10.7 Å². The predicted molar refractivity (Wildman–Crippen MR) is 131 cm³/mol. The molecule has 0 aliphatic carbocycles. The molecule has 0 aliphatic rings. The fourth-order valence-electron chi connectivity index (χ4n) is 2.87. The number of alkyl halides is 3. The Kier molecular flexibility index (Phi) is 8.42. The molecule has 3 rings (SSSR count). The second kappa shape index (κ2) is 11.1. The molecule has 0 saturated carbocycles. The van der Waals surface area contributed by atoms with Gasteiger partial charge in [-0.05, 0) is 91.5 Å². The third-order valence-corrected chi connectivity index (χ3v) is 5.83. The molecule has 1 N–H and O–H groups in total. The van der Waals surface area contributed by atoms with Gasteiger partial charge in [-0.1, -0.05) is 29.8 Å². The number of anilines is 1. The fraction of sp³-hybridized carbons (Fsp3) is 0.0833. The lowest BCUT2D eigenvalue weighted by molar-refractivity contribution is -0.137. The third-order valence-electron chi connectivity index (χ3n) is 4.42. The highest BCUT2D eigenvalue weighted by atomic mass is 79.9. The van der Waals surface area contributed by atoms with Crippen LogP contribution < -0.4 is 10.1 Å². The van der Waals surface area contributed by atoms with Gasteiger partial charge in [0.15, 0.2) is 0 Å². The summed E-state index contributed by atoms with van der Waals surface area (Å²) in [6, 6.07) is 16.5. The molecule has 10 heteroatoms. The number of nitrogens with one attached hydrogen (secondary N) is 1. The van der Waals surface area contributed by atoms with Crippen LogP contribution in [-0.2, 0) is 17.6 Å². The average molecular weight is 615 g/mol. The van der Waals surface area contributed by atoms with E-state index in [1.807, 2.05) is 12.1 Å². The summed E-state index contributed by atoms with van der Waals surface area (Å²) in [4.78, 5) is 12.5. The van der Waals surface area contributed by atoms with Crippen LogP contribution in [0.2, 0.25) is 5.02 Å². The Balaban J connectivity index is 1.78. The lowest BCUT2D eigenvalue weighted by atomic mass is 10.1. The first-order valence-corrected chi connectivity index (χ1v) is 11.5. The highest BCUT2D eigenvalue weighted by Crippen LogP contribution is 2.36. The molecule has 0 heterocycles. The van der Waals surface area contributed by atoms with Gasteiger partial charge in [-0.3, -0.25) is 4.79 Å². The molecule has 34 heavy (non-hydrogen) atoms. The van der Waals surface area contributed by atoms with Gasteiger partial charge in [0.2, 0.25) is 0 Å². The number of hydrogen-bond acceptors (Lipinski definition) is 3. The van der Waals surface area contributed by atoms with Gasteiger partial charge in [0.25, 0.3) is 5.91 Å². The summed E-state index contributed by atoms with van der Waals surface area (Å²) in [6.07, 6.45) is -3.23. The van der Waals surface area contributed by atoms with Crippen molar-refractivity contribution in [1.82, 2.24) is 0 Å². The lowest BCUT2D eigenvalue weighted by Crippen LogP contribution is -2.14. The molecule has 0 unspecified atom stereocenters. The topological polar surface area (TPSA) is 62.1 Å². The number of ether oxygens (including phenoxy) is 1. The van der Waals surface area contributed by atoms with Crippen LogP contribution in [0.4, 0.5) is 18.9 Å². The van der Waals surface area contributed by atoms with Gasteiger partial charge in [-0.2, -0.15) is 18.4 Å². The molecular formula is C24H14Br2ClF3N2O2. The number of carbonyl (C=O) groups excluding carboxylic acids is 1. The van der Waals surface area contributed by atoms with Crippen molar-refractivity contribution in [1.29, 1.82) is 5.26 Å². The first-order valence-electron chi connectivity index (χ1n) is 9.53. The van der Waals surface area contributed by atoms with E-state index in [-0.39, 0.29) is 17.9 Å². The SMILES string of the molecule is N#C/C(=C\c1cc(Br)c(OCc2cccc(Cl)c2)c(Br)c1)C(=O)Nc1cccc(C(F)(F)F)c1. The fourth-order valence-corrected chi connectivity index (χ4v) is 4.53. The summed E-state index contributed by atoms with van der Waals surface area (Å²) in [5.74, 6) is -0.334. The largest absolute Gasteiger partial charge is 0.487 e. The van der Waals surface area contributed by atoms with E-state index in [2.05, 4.69) is 37.2 Å². The van der Waals surface area contributed by atoms with Crippen molar-refractivity contribution in [3.63, 3.8) is 0 Å². The van der Waals surface area contributed by atoms with Gasteiger partial charge < -0.3 is 10.1 Å². The van der Waals surface area contributed by atoms with Gasteiger partial charge in [0.1, 0.15) is 24.0 Å². The zero-order chi connectivity index (χ0) is 24.9. The number of hydrogen-bond donors (Lipinski definition) is 1. The van der Waals surface area contributed by atoms with E-state index in [0.29, 0.717) is 25.3 Å². The summed E-state index contributed by atoms with van der Waals surface area (Å²) in [5, 5.41) is 12.3. The Morgan fingerprint density at radius 1 is 1.09 bits per heavy atom. The van der Waals surface area contributed by atoms with E-state index in [9.17, 15) is 23.2 Å². The van der Waals surface area contributed by atoms with Crippen LogP contribution in [0, 0.1) is 11.3 Å². The molecule has 0 aliphatic heterocycles. The van der Waals surface area contributed by atoms with E-state index < -0.39 is 17.6 Å². The smallest absolute Gasteiger partial charge is 0.416 e. The molecule has 1 amide bonds. The number of carbonyl (C=O) groups is 1. The van der Waals surface area contributed by atoms with E-state index >= 15 is 0 Å². The standard InChI is InChI=1S/C24H14Br2ClF3N2O2/c25-20-9-15(10-21(26)22(20)34-13-14-3-1-5-18(27)8-14)7-16(12-31)23(33)32-19-6-2-4-17(11-19)24(28,29)30/h1-11H,13H2,(H,32,33)/b16-7+. The van der Waals surface area contributed by atoms with Crippen LogP contribution in [0.15, 0.2) is 75.2 Å². The Hall–Kier alpha value is -2.80. The molecule has 174 valence electrons. The van der Waals surface area contributed by atoms with E-state index in [1.54, 1.807) is 30.3 Å². The molecule has 0 bridgehead atoms. The normalized spacial score (nSPS) is 11.6. The Morgan fingerprint density at radius 3 is 2.38 bits per heavy atom. The summed E-state index contributed by atoms with van der Waals surface area (Å²) < 4.78 is 45.7. The number of halogens is 6. The minimum atomic E-state index is -4.55. The van der Waals surface area contributed by atoms with Crippen molar-refractivity contribution in [2.24, 2.45) is 0 Å². The number of rotatable bonds is 6. The van der Waals surface area contributed by atoms with Gasteiger partial charge in [-0.15, -0.1) is 0 Å².